The van der Waals surface area contributed by atoms with Crippen LogP contribution in [0.2, 0.25) is 0 Å². The van der Waals surface area contributed by atoms with Crippen LogP contribution >= 0.6 is 0 Å². The summed E-state index contributed by atoms with van der Waals surface area (Å²) in [6.45, 7) is 2.21. The Bertz CT molecular complexity index is 556. The summed E-state index contributed by atoms with van der Waals surface area (Å²) in [7, 11) is 0. The highest BCUT2D eigenvalue weighted by Gasteiger charge is 2.40. The second kappa shape index (κ2) is 4.52. The topological polar surface area (TPSA) is 37.3 Å². The van der Waals surface area contributed by atoms with Crippen molar-refractivity contribution >= 4 is 5.78 Å². The SMILES string of the molecule is CC[C@]12CCC(=O)C=C1CCCc1cc(O)ccc12. The quantitative estimate of drug-likeness (QED) is 0.832. The molecule has 2 aliphatic carbocycles. The molecule has 1 aromatic rings. The van der Waals surface area contributed by atoms with E-state index in [1.807, 2.05) is 12.1 Å². The molecule has 3 rings (SSSR count). The second-order valence-electron chi connectivity index (χ2n) is 5.77. The van der Waals surface area contributed by atoms with Crippen molar-refractivity contribution in [3.05, 3.63) is 41.0 Å². The molecule has 0 amide bonds. The molecule has 1 N–H and O–H groups in total. The van der Waals surface area contributed by atoms with Crippen LogP contribution in [0.15, 0.2) is 29.8 Å². The normalized spacial score (nSPS) is 26.2. The van der Waals surface area contributed by atoms with Crippen LogP contribution in [0.5, 0.6) is 5.75 Å². The molecule has 0 fully saturated rings. The number of carbonyl (C=O) groups is 1. The molecule has 0 radical (unpaired) electrons. The van der Waals surface area contributed by atoms with Crippen LogP contribution in [0, 0.1) is 0 Å². The highest BCUT2D eigenvalue weighted by Crippen LogP contribution is 2.48. The van der Waals surface area contributed by atoms with Crippen LogP contribution < -0.4 is 0 Å². The summed E-state index contributed by atoms with van der Waals surface area (Å²) in [5.41, 5.74) is 3.95. The van der Waals surface area contributed by atoms with Crippen molar-refractivity contribution in [2.24, 2.45) is 0 Å². The zero-order chi connectivity index (χ0) is 13.5. The minimum Gasteiger partial charge on any atom is -0.508 e. The average molecular weight is 256 g/mol. The Morgan fingerprint density at radius 1 is 1.26 bits per heavy atom. The summed E-state index contributed by atoms with van der Waals surface area (Å²) in [6, 6.07) is 5.77. The summed E-state index contributed by atoms with van der Waals surface area (Å²) in [5.74, 6) is 0.630. The minimum absolute atomic E-state index is 0.0352. The summed E-state index contributed by atoms with van der Waals surface area (Å²) >= 11 is 0. The van der Waals surface area contributed by atoms with Crippen molar-refractivity contribution in [2.75, 3.05) is 0 Å². The summed E-state index contributed by atoms with van der Waals surface area (Å²) in [5, 5.41) is 9.71. The first kappa shape index (κ1) is 12.5. The smallest absolute Gasteiger partial charge is 0.155 e. The second-order valence-corrected chi connectivity index (χ2v) is 5.77. The zero-order valence-electron chi connectivity index (χ0n) is 11.4. The highest BCUT2D eigenvalue weighted by atomic mass is 16.3. The Balaban J connectivity index is 2.21. The minimum atomic E-state index is 0.0352. The number of aromatic hydroxyl groups is 1. The first-order valence-corrected chi connectivity index (χ1v) is 7.22. The lowest BCUT2D eigenvalue weighted by Crippen LogP contribution is -2.32. The van der Waals surface area contributed by atoms with Gasteiger partial charge in [-0.2, -0.15) is 0 Å². The van der Waals surface area contributed by atoms with E-state index in [1.54, 1.807) is 6.07 Å². The molecule has 19 heavy (non-hydrogen) atoms. The molecule has 2 aliphatic rings. The van der Waals surface area contributed by atoms with E-state index in [4.69, 9.17) is 0 Å². The first-order chi connectivity index (χ1) is 9.15. The average Bonchev–Trinajstić information content (AvgIpc) is 2.55. The molecule has 2 heteroatoms. The number of benzene rings is 1. The predicted molar refractivity (Wildman–Crippen MR) is 75.3 cm³/mol. The molecule has 1 aromatic carbocycles. The van der Waals surface area contributed by atoms with E-state index in [1.165, 1.54) is 16.7 Å². The van der Waals surface area contributed by atoms with Gasteiger partial charge in [-0.3, -0.25) is 4.79 Å². The van der Waals surface area contributed by atoms with Gasteiger partial charge in [0.1, 0.15) is 5.75 Å². The zero-order valence-corrected chi connectivity index (χ0v) is 11.4. The van der Waals surface area contributed by atoms with Crippen molar-refractivity contribution < 1.29 is 9.90 Å². The molecule has 0 aliphatic heterocycles. The molecule has 0 bridgehead atoms. The lowest BCUT2D eigenvalue weighted by molar-refractivity contribution is -0.115. The van der Waals surface area contributed by atoms with E-state index >= 15 is 0 Å². The molecule has 0 unspecified atom stereocenters. The number of ketones is 1. The fraction of sp³-hybridized carbons (Fsp3) is 0.471. The van der Waals surface area contributed by atoms with Crippen molar-refractivity contribution in [1.82, 2.24) is 0 Å². The maximum Gasteiger partial charge on any atom is 0.155 e. The number of phenols is 1. The van der Waals surface area contributed by atoms with Crippen molar-refractivity contribution in [1.29, 1.82) is 0 Å². The highest BCUT2D eigenvalue weighted by molar-refractivity contribution is 5.92. The van der Waals surface area contributed by atoms with Crippen LogP contribution in [0.3, 0.4) is 0 Å². The number of phenolic OH excluding ortho intramolecular Hbond substituents is 1. The predicted octanol–water partition coefficient (Wildman–Crippen LogP) is 3.67. The Morgan fingerprint density at radius 3 is 2.89 bits per heavy atom. The third-order valence-electron chi connectivity index (χ3n) is 4.85. The molecule has 2 nitrogen and oxygen atoms in total. The van der Waals surface area contributed by atoms with E-state index in [9.17, 15) is 9.90 Å². The van der Waals surface area contributed by atoms with Crippen LogP contribution in [0.4, 0.5) is 0 Å². The van der Waals surface area contributed by atoms with Gasteiger partial charge < -0.3 is 5.11 Å². The Morgan fingerprint density at radius 2 is 2.11 bits per heavy atom. The fourth-order valence-corrected chi connectivity index (χ4v) is 3.84. The summed E-state index contributed by atoms with van der Waals surface area (Å²) in [4.78, 5) is 11.7. The van der Waals surface area contributed by atoms with Gasteiger partial charge in [0.05, 0.1) is 0 Å². The van der Waals surface area contributed by atoms with Crippen LogP contribution in [0.1, 0.15) is 50.2 Å². The Hall–Kier alpha value is -1.57. The van der Waals surface area contributed by atoms with E-state index in [-0.39, 0.29) is 11.2 Å². The summed E-state index contributed by atoms with van der Waals surface area (Å²) in [6.07, 6.45) is 7.58. The van der Waals surface area contributed by atoms with E-state index in [0.29, 0.717) is 12.2 Å². The molecule has 0 aromatic heterocycles. The van der Waals surface area contributed by atoms with Crippen LogP contribution in [0.25, 0.3) is 0 Å². The monoisotopic (exact) mass is 256 g/mol. The molecule has 1 atom stereocenters. The maximum atomic E-state index is 11.7. The van der Waals surface area contributed by atoms with Gasteiger partial charge in [0.25, 0.3) is 0 Å². The lowest BCUT2D eigenvalue weighted by Gasteiger charge is -2.38. The molecule has 0 spiro atoms. The molecule has 100 valence electrons. The number of rotatable bonds is 1. The Kier molecular flexibility index (Phi) is 2.96. The molecule has 0 saturated heterocycles. The van der Waals surface area contributed by atoms with Gasteiger partial charge in [0.2, 0.25) is 0 Å². The molecular formula is C17H20O2. The first-order valence-electron chi connectivity index (χ1n) is 7.22. The van der Waals surface area contributed by atoms with Gasteiger partial charge in [-0.15, -0.1) is 0 Å². The van der Waals surface area contributed by atoms with E-state index in [0.717, 1.165) is 32.1 Å². The molecule has 0 heterocycles. The van der Waals surface area contributed by atoms with Crippen molar-refractivity contribution in [3.63, 3.8) is 0 Å². The molecular weight excluding hydrogens is 236 g/mol. The largest absolute Gasteiger partial charge is 0.508 e. The standard InChI is InChI=1S/C17H20O2/c1-2-17-9-8-15(19)11-13(17)5-3-4-12-10-14(18)6-7-16(12)17/h6-7,10-11,18H,2-5,8-9H2,1H3/t17-/m0/s1. The molecule has 0 saturated carbocycles. The maximum absolute atomic E-state index is 11.7. The number of allylic oxidation sites excluding steroid dienone is 2. The van der Waals surface area contributed by atoms with E-state index < -0.39 is 0 Å². The third kappa shape index (κ3) is 1.90. The number of hydrogen-bond donors (Lipinski definition) is 1. The van der Waals surface area contributed by atoms with E-state index in [2.05, 4.69) is 13.0 Å². The van der Waals surface area contributed by atoms with Crippen molar-refractivity contribution in [2.45, 2.75) is 50.9 Å². The van der Waals surface area contributed by atoms with Crippen molar-refractivity contribution in [3.8, 4) is 5.75 Å². The summed E-state index contributed by atoms with van der Waals surface area (Å²) < 4.78 is 0. The lowest BCUT2D eigenvalue weighted by atomic mass is 9.65. The van der Waals surface area contributed by atoms with Gasteiger partial charge in [0, 0.05) is 11.8 Å². The van der Waals surface area contributed by atoms with Gasteiger partial charge in [0.15, 0.2) is 5.78 Å². The number of hydrogen-bond acceptors (Lipinski definition) is 2. The number of carbonyl (C=O) groups excluding carboxylic acids is 1. The fourth-order valence-electron chi connectivity index (χ4n) is 3.84. The van der Waals surface area contributed by atoms with Gasteiger partial charge >= 0.3 is 0 Å². The van der Waals surface area contributed by atoms with Gasteiger partial charge in [-0.25, -0.2) is 0 Å². The van der Waals surface area contributed by atoms with Gasteiger partial charge in [-0.05, 0) is 61.4 Å². The number of aryl methyl sites for hydroxylation is 1. The van der Waals surface area contributed by atoms with Gasteiger partial charge in [-0.1, -0.05) is 18.6 Å². The third-order valence-corrected chi connectivity index (χ3v) is 4.85. The van der Waals surface area contributed by atoms with Crippen LogP contribution in [-0.4, -0.2) is 10.9 Å². The number of fused-ring (bicyclic) bond motifs is 3. The Labute approximate surface area is 114 Å². The van der Waals surface area contributed by atoms with Crippen LogP contribution in [-0.2, 0) is 16.6 Å².